The summed E-state index contributed by atoms with van der Waals surface area (Å²) in [5.74, 6) is -0.687. The molecule has 2 N–H and O–H groups in total. The Kier molecular flexibility index (Phi) is 9.19. The average molecular weight is 636 g/mol. The van der Waals surface area contributed by atoms with E-state index in [1.165, 1.54) is 41.3 Å². The monoisotopic (exact) mass is 634 g/mol. The van der Waals surface area contributed by atoms with Gasteiger partial charge in [-0.3, -0.25) is 19.7 Å². The average Bonchev–Trinajstić information content (AvgIpc) is 3.45. The van der Waals surface area contributed by atoms with Crippen LogP contribution in [0.3, 0.4) is 0 Å². The third-order valence-corrected chi connectivity index (χ3v) is 8.50. The second-order valence-corrected chi connectivity index (χ2v) is 11.7. The summed E-state index contributed by atoms with van der Waals surface area (Å²) in [5, 5.41) is 19.0. The minimum atomic E-state index is -0.645. The maximum absolute atomic E-state index is 13.6. The minimum absolute atomic E-state index is 0.0405. The zero-order chi connectivity index (χ0) is 29.6. The summed E-state index contributed by atoms with van der Waals surface area (Å²) in [6.45, 7) is 0. The van der Waals surface area contributed by atoms with E-state index >= 15 is 0 Å². The Hall–Kier alpha value is -4.22. The molecule has 1 unspecified atom stereocenters. The summed E-state index contributed by atoms with van der Waals surface area (Å²) >= 11 is 14.7. The van der Waals surface area contributed by atoms with Crippen molar-refractivity contribution in [2.45, 2.75) is 10.1 Å². The zero-order valence-corrected chi connectivity index (χ0v) is 24.6. The van der Waals surface area contributed by atoms with Crippen molar-refractivity contribution in [2.75, 3.05) is 10.6 Å². The standard InChI is InChI=1S/C30H20Cl2N4O4S2/c31-20-12-13-24(25(32)15-20)28(37)33-21-9-5-11-23(16-21)42-27(18-6-2-1-3-7-18)29(38)35-30-34-26(17-41-30)19-8-4-10-22(14-19)36(39)40/h1-17,27H,(H,33,37)(H,34,35,38). The largest absolute Gasteiger partial charge is 0.322 e. The van der Waals surface area contributed by atoms with Crippen molar-refractivity contribution in [3.05, 3.63) is 134 Å². The normalized spacial score (nSPS) is 11.5. The SMILES string of the molecule is O=C(Nc1cccc(SC(C(=O)Nc2nc(-c3cccc([N+](=O)[O-])c3)cs2)c2ccccc2)c1)c1ccc(Cl)cc1Cl. The molecule has 2 amide bonds. The van der Waals surface area contributed by atoms with Crippen LogP contribution in [-0.2, 0) is 4.79 Å². The van der Waals surface area contributed by atoms with Gasteiger partial charge >= 0.3 is 0 Å². The van der Waals surface area contributed by atoms with Gasteiger partial charge in [-0.15, -0.1) is 23.1 Å². The van der Waals surface area contributed by atoms with Crippen molar-refractivity contribution < 1.29 is 14.5 Å². The van der Waals surface area contributed by atoms with Crippen molar-refractivity contribution >= 4 is 74.6 Å². The lowest BCUT2D eigenvalue weighted by Crippen LogP contribution is -2.19. The second-order valence-electron chi connectivity index (χ2n) is 8.85. The molecule has 8 nitrogen and oxygen atoms in total. The number of non-ortho nitro benzene ring substituents is 1. The number of thioether (sulfide) groups is 1. The summed E-state index contributed by atoms with van der Waals surface area (Å²) in [7, 11) is 0. The maximum Gasteiger partial charge on any atom is 0.270 e. The minimum Gasteiger partial charge on any atom is -0.322 e. The molecule has 0 spiro atoms. The van der Waals surface area contributed by atoms with Crippen LogP contribution in [0.2, 0.25) is 10.0 Å². The van der Waals surface area contributed by atoms with Crippen LogP contribution in [0, 0.1) is 10.1 Å². The number of carbonyl (C=O) groups excluding carboxylic acids is 2. The molecule has 12 heteroatoms. The summed E-state index contributed by atoms with van der Waals surface area (Å²) in [6, 6.07) is 27.3. The zero-order valence-electron chi connectivity index (χ0n) is 21.5. The number of hydrogen-bond donors (Lipinski definition) is 2. The van der Waals surface area contributed by atoms with Crippen LogP contribution in [-0.4, -0.2) is 21.7 Å². The summed E-state index contributed by atoms with van der Waals surface area (Å²) < 4.78 is 0. The van der Waals surface area contributed by atoms with E-state index in [0.717, 1.165) is 10.5 Å². The van der Waals surface area contributed by atoms with Gasteiger partial charge in [-0.25, -0.2) is 4.98 Å². The number of nitro groups is 1. The van der Waals surface area contributed by atoms with Gasteiger partial charge in [0.2, 0.25) is 5.91 Å². The number of halogens is 2. The molecule has 0 saturated heterocycles. The van der Waals surface area contributed by atoms with Gasteiger partial charge in [0.15, 0.2) is 5.13 Å². The van der Waals surface area contributed by atoms with E-state index in [2.05, 4.69) is 15.6 Å². The molecule has 0 saturated carbocycles. The molecule has 42 heavy (non-hydrogen) atoms. The van der Waals surface area contributed by atoms with Crippen molar-refractivity contribution in [1.29, 1.82) is 0 Å². The van der Waals surface area contributed by atoms with Crippen LogP contribution in [0.4, 0.5) is 16.5 Å². The third kappa shape index (κ3) is 7.15. The van der Waals surface area contributed by atoms with Gasteiger partial charge in [-0.1, -0.05) is 71.7 Å². The first-order valence-electron chi connectivity index (χ1n) is 12.4. The molecule has 0 aliphatic rings. The van der Waals surface area contributed by atoms with Crippen molar-refractivity contribution in [3.8, 4) is 11.3 Å². The van der Waals surface area contributed by atoms with Crippen LogP contribution in [0.5, 0.6) is 0 Å². The van der Waals surface area contributed by atoms with Gasteiger partial charge in [0, 0.05) is 38.7 Å². The van der Waals surface area contributed by atoms with Gasteiger partial charge in [0.1, 0.15) is 5.25 Å². The molecule has 1 heterocycles. The summed E-state index contributed by atoms with van der Waals surface area (Å²) in [5.41, 5.74) is 2.65. The van der Waals surface area contributed by atoms with Crippen molar-refractivity contribution in [3.63, 3.8) is 0 Å². The topological polar surface area (TPSA) is 114 Å². The van der Waals surface area contributed by atoms with Crippen LogP contribution in [0.25, 0.3) is 11.3 Å². The molecular weight excluding hydrogens is 615 g/mol. The predicted octanol–water partition coefficient (Wildman–Crippen LogP) is 8.75. The lowest BCUT2D eigenvalue weighted by molar-refractivity contribution is -0.384. The first-order chi connectivity index (χ1) is 20.3. The number of thiazole rings is 1. The summed E-state index contributed by atoms with van der Waals surface area (Å²) in [4.78, 5) is 42.3. The Bertz CT molecular complexity index is 1780. The Morgan fingerprint density at radius 1 is 0.905 bits per heavy atom. The van der Waals surface area contributed by atoms with Crippen molar-refractivity contribution in [1.82, 2.24) is 4.98 Å². The lowest BCUT2D eigenvalue weighted by Gasteiger charge is -2.17. The molecule has 5 aromatic rings. The van der Waals surface area contributed by atoms with E-state index in [4.69, 9.17) is 23.2 Å². The number of amides is 2. The highest BCUT2D eigenvalue weighted by atomic mass is 35.5. The molecule has 210 valence electrons. The molecule has 0 bridgehead atoms. The molecule has 1 atom stereocenters. The molecule has 5 rings (SSSR count). The molecule has 0 aliphatic carbocycles. The van der Waals surface area contributed by atoms with Crippen LogP contribution < -0.4 is 10.6 Å². The Morgan fingerprint density at radius 2 is 1.69 bits per heavy atom. The fraction of sp³-hybridized carbons (Fsp3) is 0.0333. The highest BCUT2D eigenvalue weighted by Gasteiger charge is 2.24. The number of anilines is 2. The fourth-order valence-electron chi connectivity index (χ4n) is 3.97. The number of benzene rings is 4. The number of nitro benzene ring substituents is 1. The van der Waals surface area contributed by atoms with E-state index in [1.54, 1.807) is 47.8 Å². The Balaban J connectivity index is 1.34. The lowest BCUT2D eigenvalue weighted by atomic mass is 10.1. The quantitative estimate of drug-likeness (QED) is 0.0951. The number of rotatable bonds is 9. The van der Waals surface area contributed by atoms with Gasteiger partial charge in [0.05, 0.1) is 21.2 Å². The van der Waals surface area contributed by atoms with Gasteiger partial charge in [-0.2, -0.15) is 0 Å². The molecule has 1 aromatic heterocycles. The fourth-order valence-corrected chi connectivity index (χ4v) is 6.27. The second kappa shape index (κ2) is 13.2. The maximum atomic E-state index is 13.6. The van der Waals surface area contributed by atoms with Crippen LogP contribution in [0.15, 0.2) is 107 Å². The number of hydrogen-bond acceptors (Lipinski definition) is 7. The third-order valence-electron chi connectivity index (χ3n) is 5.95. The van der Waals surface area contributed by atoms with Gasteiger partial charge < -0.3 is 10.6 Å². The molecule has 0 aliphatic heterocycles. The highest BCUT2D eigenvalue weighted by molar-refractivity contribution is 8.00. The van der Waals surface area contributed by atoms with Crippen LogP contribution >= 0.6 is 46.3 Å². The summed E-state index contributed by atoms with van der Waals surface area (Å²) in [6.07, 6.45) is 0. The molecule has 0 radical (unpaired) electrons. The van der Waals surface area contributed by atoms with E-state index in [-0.39, 0.29) is 28.1 Å². The number of carbonyl (C=O) groups is 2. The Labute approximate surface area is 258 Å². The molecular formula is C30H20Cl2N4O4S2. The first kappa shape index (κ1) is 29.3. The number of nitrogens with one attached hydrogen (secondary N) is 2. The highest BCUT2D eigenvalue weighted by Crippen LogP contribution is 2.38. The van der Waals surface area contributed by atoms with Gasteiger partial charge in [-0.05, 0) is 42.0 Å². The smallest absolute Gasteiger partial charge is 0.270 e. The van der Waals surface area contributed by atoms with E-state index < -0.39 is 10.2 Å². The Morgan fingerprint density at radius 3 is 2.45 bits per heavy atom. The molecule has 0 fully saturated rings. The molecule has 4 aromatic carbocycles. The van der Waals surface area contributed by atoms with Gasteiger partial charge in [0.25, 0.3) is 11.6 Å². The van der Waals surface area contributed by atoms with E-state index in [0.29, 0.717) is 27.1 Å². The number of nitrogens with zero attached hydrogens (tertiary/aromatic N) is 2. The van der Waals surface area contributed by atoms with E-state index in [9.17, 15) is 19.7 Å². The van der Waals surface area contributed by atoms with Crippen molar-refractivity contribution in [2.24, 2.45) is 0 Å². The predicted molar refractivity (Wildman–Crippen MR) is 169 cm³/mol. The van der Waals surface area contributed by atoms with Crippen LogP contribution in [0.1, 0.15) is 21.2 Å². The van der Waals surface area contributed by atoms with E-state index in [1.807, 2.05) is 36.4 Å². The number of aromatic nitrogens is 1. The first-order valence-corrected chi connectivity index (χ1v) is 14.9.